The highest BCUT2D eigenvalue weighted by molar-refractivity contribution is 6.24. The van der Waals surface area contributed by atoms with Gasteiger partial charge in [0.2, 0.25) is 0 Å². The molecule has 0 aliphatic heterocycles. The largest absolute Gasteiger partial charge is 0.0622 e. The lowest BCUT2D eigenvalue weighted by Crippen LogP contribution is -1.92. The van der Waals surface area contributed by atoms with E-state index in [0.717, 1.165) is 6.42 Å². The van der Waals surface area contributed by atoms with Crippen LogP contribution in [0.1, 0.15) is 11.1 Å². The van der Waals surface area contributed by atoms with Gasteiger partial charge in [-0.15, -0.1) is 0 Å². The average Bonchev–Trinajstić information content (AvgIpc) is 3.52. The summed E-state index contributed by atoms with van der Waals surface area (Å²) in [6, 6.07) is 62.9. The van der Waals surface area contributed by atoms with E-state index in [4.69, 9.17) is 0 Å². The van der Waals surface area contributed by atoms with Crippen LogP contribution >= 0.6 is 0 Å². The highest BCUT2D eigenvalue weighted by atomic mass is 14.3. The Bertz CT molecular complexity index is 2640. The van der Waals surface area contributed by atoms with Crippen LogP contribution < -0.4 is 0 Å². The SMILES string of the molecule is c1ccc(-c2c3ccccc3c(-c3ccc(-c4ccc5c(c4)Cc4ccc6ccccc6c4-5)c4ccccc34)c3ccccc23)cc1. The van der Waals surface area contributed by atoms with Gasteiger partial charge in [0.1, 0.15) is 0 Å². The van der Waals surface area contributed by atoms with E-state index in [1.165, 1.54) is 98.7 Å². The van der Waals surface area contributed by atoms with Gasteiger partial charge in [-0.25, -0.2) is 0 Å². The predicted octanol–water partition coefficient (Wildman–Crippen LogP) is 12.9. The zero-order valence-corrected chi connectivity index (χ0v) is 25.9. The van der Waals surface area contributed by atoms with E-state index in [0.29, 0.717) is 0 Å². The summed E-state index contributed by atoms with van der Waals surface area (Å²) in [7, 11) is 0. The lowest BCUT2D eigenvalue weighted by molar-refractivity contribution is 1.27. The Balaban J connectivity index is 1.19. The molecule has 0 saturated carbocycles. The maximum absolute atomic E-state index is 2.44. The second-order valence-corrected chi connectivity index (χ2v) is 12.8. The van der Waals surface area contributed by atoms with Gasteiger partial charge >= 0.3 is 0 Å². The molecule has 0 atom stereocenters. The fourth-order valence-corrected chi connectivity index (χ4v) is 8.24. The average molecular weight is 595 g/mol. The molecule has 47 heavy (non-hydrogen) atoms. The van der Waals surface area contributed by atoms with Crippen molar-refractivity contribution in [1.82, 2.24) is 0 Å². The third kappa shape index (κ3) is 3.95. The first-order chi connectivity index (χ1) is 23.3. The molecule has 0 amide bonds. The van der Waals surface area contributed by atoms with Crippen LogP contribution in [0.4, 0.5) is 0 Å². The van der Waals surface area contributed by atoms with E-state index in [1.807, 2.05) is 0 Å². The molecule has 0 heterocycles. The molecule has 10 rings (SSSR count). The summed E-state index contributed by atoms with van der Waals surface area (Å²) in [5, 5.41) is 10.4. The van der Waals surface area contributed by atoms with Gasteiger partial charge in [0.25, 0.3) is 0 Å². The Morgan fingerprint density at radius 1 is 0.277 bits per heavy atom. The van der Waals surface area contributed by atoms with E-state index in [1.54, 1.807) is 0 Å². The van der Waals surface area contributed by atoms with Crippen LogP contribution in [0.2, 0.25) is 0 Å². The highest BCUT2D eigenvalue weighted by Crippen LogP contribution is 2.47. The molecule has 0 spiro atoms. The fourth-order valence-electron chi connectivity index (χ4n) is 8.24. The zero-order chi connectivity index (χ0) is 30.9. The molecule has 0 bridgehead atoms. The molecule has 0 heteroatoms. The molecule has 0 fully saturated rings. The quantitative estimate of drug-likeness (QED) is 0.179. The minimum Gasteiger partial charge on any atom is -0.0622 e. The summed E-state index contributed by atoms with van der Waals surface area (Å²) in [4.78, 5) is 0. The summed E-state index contributed by atoms with van der Waals surface area (Å²) < 4.78 is 0. The van der Waals surface area contributed by atoms with Crippen LogP contribution in [-0.2, 0) is 6.42 Å². The van der Waals surface area contributed by atoms with Gasteiger partial charge in [-0.05, 0) is 105 Å². The number of fused-ring (bicyclic) bond motifs is 8. The number of benzene rings is 9. The van der Waals surface area contributed by atoms with Crippen molar-refractivity contribution in [3.05, 3.63) is 181 Å². The molecule has 1 aliphatic rings. The Morgan fingerprint density at radius 2 is 0.809 bits per heavy atom. The van der Waals surface area contributed by atoms with Crippen molar-refractivity contribution >= 4 is 43.1 Å². The molecule has 0 unspecified atom stereocenters. The van der Waals surface area contributed by atoms with Gasteiger partial charge in [-0.3, -0.25) is 0 Å². The minimum atomic E-state index is 0.977. The van der Waals surface area contributed by atoms with Crippen molar-refractivity contribution < 1.29 is 0 Å². The van der Waals surface area contributed by atoms with Gasteiger partial charge in [0.15, 0.2) is 0 Å². The lowest BCUT2D eigenvalue weighted by Gasteiger charge is -2.19. The monoisotopic (exact) mass is 594 g/mol. The topological polar surface area (TPSA) is 0 Å². The molecule has 0 aromatic heterocycles. The first-order valence-electron chi connectivity index (χ1n) is 16.5. The van der Waals surface area contributed by atoms with Gasteiger partial charge < -0.3 is 0 Å². The van der Waals surface area contributed by atoms with Crippen LogP contribution in [-0.4, -0.2) is 0 Å². The molecular formula is C47H30. The second-order valence-electron chi connectivity index (χ2n) is 12.8. The highest BCUT2D eigenvalue weighted by Gasteiger charge is 2.23. The Kier molecular flexibility index (Phi) is 5.74. The standard InChI is InChI=1S/C47H30/c1-2-13-31(14-3-1)45-40-18-8-10-20-42(40)47(43-21-11-9-19-41(43)45)44-27-26-35(38-16-6-7-17-39(38)44)32-24-25-37-34(28-32)29-33-23-22-30-12-4-5-15-36(30)46(33)37/h1-28H,29H2. The second kappa shape index (κ2) is 10.3. The van der Waals surface area contributed by atoms with E-state index < -0.39 is 0 Å². The summed E-state index contributed by atoms with van der Waals surface area (Å²) in [6.07, 6.45) is 0.977. The first-order valence-corrected chi connectivity index (χ1v) is 16.5. The van der Waals surface area contributed by atoms with Crippen LogP contribution in [0.5, 0.6) is 0 Å². The van der Waals surface area contributed by atoms with Crippen molar-refractivity contribution in [2.75, 3.05) is 0 Å². The molecule has 0 N–H and O–H groups in total. The summed E-state index contributed by atoms with van der Waals surface area (Å²) >= 11 is 0. The van der Waals surface area contributed by atoms with Gasteiger partial charge in [0.05, 0.1) is 0 Å². The Hall–Kier alpha value is -5.98. The number of hydrogen-bond donors (Lipinski definition) is 0. The summed E-state index contributed by atoms with van der Waals surface area (Å²) in [6.45, 7) is 0. The third-order valence-electron chi connectivity index (χ3n) is 10.3. The molecule has 218 valence electrons. The first kappa shape index (κ1) is 26.3. The third-order valence-corrected chi connectivity index (χ3v) is 10.3. The maximum Gasteiger partial charge on any atom is -0.00130 e. The minimum absolute atomic E-state index is 0.977. The molecule has 1 aliphatic carbocycles. The van der Waals surface area contributed by atoms with Crippen molar-refractivity contribution in [2.45, 2.75) is 6.42 Å². The lowest BCUT2D eigenvalue weighted by atomic mass is 9.83. The summed E-state index contributed by atoms with van der Waals surface area (Å²) in [5.74, 6) is 0. The van der Waals surface area contributed by atoms with Crippen molar-refractivity contribution in [2.24, 2.45) is 0 Å². The Morgan fingerprint density at radius 3 is 1.51 bits per heavy atom. The number of hydrogen-bond acceptors (Lipinski definition) is 0. The van der Waals surface area contributed by atoms with E-state index in [-0.39, 0.29) is 0 Å². The smallest absolute Gasteiger partial charge is 0.00130 e. The Labute approximate surface area is 274 Å². The molecule has 0 nitrogen and oxygen atoms in total. The molecule has 0 saturated heterocycles. The van der Waals surface area contributed by atoms with Crippen molar-refractivity contribution in [3.8, 4) is 44.5 Å². The van der Waals surface area contributed by atoms with Crippen molar-refractivity contribution in [3.63, 3.8) is 0 Å². The van der Waals surface area contributed by atoms with Gasteiger partial charge in [-0.2, -0.15) is 0 Å². The van der Waals surface area contributed by atoms with E-state index >= 15 is 0 Å². The zero-order valence-electron chi connectivity index (χ0n) is 25.9. The van der Waals surface area contributed by atoms with Crippen LogP contribution in [0, 0.1) is 0 Å². The normalized spacial score (nSPS) is 12.2. The van der Waals surface area contributed by atoms with Gasteiger partial charge in [0, 0.05) is 0 Å². The molecule has 9 aromatic carbocycles. The molecular weight excluding hydrogens is 565 g/mol. The van der Waals surface area contributed by atoms with E-state index in [9.17, 15) is 0 Å². The maximum atomic E-state index is 2.44. The molecule has 0 radical (unpaired) electrons. The van der Waals surface area contributed by atoms with Gasteiger partial charge in [-0.1, -0.05) is 170 Å². The van der Waals surface area contributed by atoms with Crippen LogP contribution in [0.3, 0.4) is 0 Å². The molecule has 9 aromatic rings. The van der Waals surface area contributed by atoms with Crippen molar-refractivity contribution in [1.29, 1.82) is 0 Å². The van der Waals surface area contributed by atoms with E-state index in [2.05, 4.69) is 170 Å². The van der Waals surface area contributed by atoms with Crippen LogP contribution in [0.15, 0.2) is 170 Å². The predicted molar refractivity (Wildman–Crippen MR) is 201 cm³/mol. The van der Waals surface area contributed by atoms with Crippen LogP contribution in [0.25, 0.3) is 87.6 Å². The number of rotatable bonds is 3. The summed E-state index contributed by atoms with van der Waals surface area (Å²) in [5.41, 5.74) is 13.3. The fraction of sp³-hybridized carbons (Fsp3) is 0.0213.